The number of benzene rings is 1. The van der Waals surface area contributed by atoms with E-state index in [9.17, 15) is 8.42 Å². The first kappa shape index (κ1) is 13.4. The average molecular weight is 268 g/mol. The lowest BCUT2D eigenvalue weighted by atomic mass is 10.1. The van der Waals surface area contributed by atoms with Crippen LogP contribution in [0.4, 0.5) is 5.69 Å². The van der Waals surface area contributed by atoms with Crippen LogP contribution in [0.1, 0.15) is 31.4 Å². The number of sulfonamides is 1. The van der Waals surface area contributed by atoms with Crippen molar-refractivity contribution in [3.63, 3.8) is 0 Å². The third-order valence-corrected chi connectivity index (χ3v) is 4.70. The van der Waals surface area contributed by atoms with Gasteiger partial charge in [-0.2, -0.15) is 0 Å². The Morgan fingerprint density at radius 3 is 2.72 bits per heavy atom. The minimum Gasteiger partial charge on any atom is -0.313 e. The molecule has 0 bridgehead atoms. The van der Waals surface area contributed by atoms with Gasteiger partial charge in [-0.3, -0.25) is 4.72 Å². The van der Waals surface area contributed by atoms with Crippen LogP contribution in [-0.2, 0) is 10.0 Å². The topological polar surface area (TPSA) is 58.2 Å². The lowest BCUT2D eigenvalue weighted by Gasteiger charge is -2.13. The zero-order chi connectivity index (χ0) is 13.2. The van der Waals surface area contributed by atoms with E-state index in [0.29, 0.717) is 11.6 Å². The minimum absolute atomic E-state index is 0.206. The summed E-state index contributed by atoms with van der Waals surface area (Å²) in [5.41, 5.74) is 1.72. The molecular weight excluding hydrogens is 248 g/mol. The second kappa shape index (κ2) is 5.28. The molecule has 4 nitrogen and oxygen atoms in total. The number of anilines is 1. The summed E-state index contributed by atoms with van der Waals surface area (Å²) in [6.07, 6.45) is 2.08. The molecule has 0 aliphatic heterocycles. The molecule has 0 radical (unpaired) electrons. The molecule has 1 aromatic rings. The van der Waals surface area contributed by atoms with Gasteiger partial charge in [0, 0.05) is 11.7 Å². The fourth-order valence-corrected chi connectivity index (χ4v) is 3.38. The summed E-state index contributed by atoms with van der Waals surface area (Å²) in [7, 11) is -1.31. The van der Waals surface area contributed by atoms with Crippen LogP contribution in [0.5, 0.6) is 0 Å². The summed E-state index contributed by atoms with van der Waals surface area (Å²) in [5, 5.41) is 3.14. The Bertz CT molecular complexity index is 509. The Balaban J connectivity index is 2.08. The van der Waals surface area contributed by atoms with E-state index in [0.717, 1.165) is 18.4 Å². The summed E-state index contributed by atoms with van der Waals surface area (Å²) >= 11 is 0. The van der Waals surface area contributed by atoms with E-state index in [4.69, 9.17) is 0 Å². The molecule has 0 heterocycles. The van der Waals surface area contributed by atoms with Crippen molar-refractivity contribution in [3.8, 4) is 0 Å². The SMILES string of the molecule is CNC(C)c1cccc(NS(=O)(=O)CC2CC2)c1. The van der Waals surface area contributed by atoms with Crippen molar-refractivity contribution in [2.75, 3.05) is 17.5 Å². The van der Waals surface area contributed by atoms with Crippen LogP contribution in [0.15, 0.2) is 24.3 Å². The summed E-state index contributed by atoms with van der Waals surface area (Å²) in [6.45, 7) is 2.04. The number of hydrogen-bond donors (Lipinski definition) is 2. The van der Waals surface area contributed by atoms with Gasteiger partial charge in [0.15, 0.2) is 0 Å². The molecule has 1 unspecified atom stereocenters. The summed E-state index contributed by atoms with van der Waals surface area (Å²) in [6, 6.07) is 7.73. The Morgan fingerprint density at radius 1 is 1.39 bits per heavy atom. The van der Waals surface area contributed by atoms with Crippen molar-refractivity contribution in [2.45, 2.75) is 25.8 Å². The van der Waals surface area contributed by atoms with Gasteiger partial charge < -0.3 is 5.32 Å². The fraction of sp³-hybridized carbons (Fsp3) is 0.538. The van der Waals surface area contributed by atoms with Crippen LogP contribution in [0.25, 0.3) is 0 Å². The Morgan fingerprint density at radius 2 is 2.11 bits per heavy atom. The lowest BCUT2D eigenvalue weighted by molar-refractivity contribution is 0.597. The van der Waals surface area contributed by atoms with E-state index in [1.54, 1.807) is 6.07 Å². The zero-order valence-corrected chi connectivity index (χ0v) is 11.6. The van der Waals surface area contributed by atoms with E-state index in [1.165, 1.54) is 0 Å². The normalized spacial score (nSPS) is 17.4. The largest absolute Gasteiger partial charge is 0.313 e. The third kappa shape index (κ3) is 3.71. The number of hydrogen-bond acceptors (Lipinski definition) is 3. The molecule has 1 aliphatic rings. The highest BCUT2D eigenvalue weighted by atomic mass is 32.2. The van der Waals surface area contributed by atoms with Crippen LogP contribution in [0.3, 0.4) is 0 Å². The Kier molecular flexibility index (Phi) is 3.92. The summed E-state index contributed by atoms with van der Waals surface area (Å²) in [5.74, 6) is 0.612. The predicted octanol–water partition coefficient (Wildman–Crippen LogP) is 2.12. The van der Waals surface area contributed by atoms with Crippen LogP contribution >= 0.6 is 0 Å². The van der Waals surface area contributed by atoms with Gasteiger partial charge >= 0.3 is 0 Å². The van der Waals surface area contributed by atoms with E-state index >= 15 is 0 Å². The maximum Gasteiger partial charge on any atom is 0.232 e. The highest BCUT2D eigenvalue weighted by molar-refractivity contribution is 7.92. The first-order valence-corrected chi connectivity index (χ1v) is 7.93. The van der Waals surface area contributed by atoms with Gasteiger partial charge in [0.2, 0.25) is 10.0 Å². The molecule has 0 amide bonds. The number of rotatable bonds is 6. The van der Waals surface area contributed by atoms with Gasteiger partial charge in [0.1, 0.15) is 0 Å². The van der Waals surface area contributed by atoms with Crippen LogP contribution < -0.4 is 10.0 Å². The van der Waals surface area contributed by atoms with Gasteiger partial charge in [-0.05, 0) is 50.4 Å². The molecule has 18 heavy (non-hydrogen) atoms. The van der Waals surface area contributed by atoms with Crippen molar-refractivity contribution >= 4 is 15.7 Å². The monoisotopic (exact) mass is 268 g/mol. The summed E-state index contributed by atoms with van der Waals surface area (Å²) in [4.78, 5) is 0. The van der Waals surface area contributed by atoms with E-state index in [2.05, 4.69) is 10.0 Å². The van der Waals surface area contributed by atoms with Crippen molar-refractivity contribution in [2.24, 2.45) is 5.92 Å². The van der Waals surface area contributed by atoms with Gasteiger partial charge in [-0.25, -0.2) is 8.42 Å². The Labute approximate surface area is 109 Å². The minimum atomic E-state index is -3.19. The van der Waals surface area contributed by atoms with Gasteiger partial charge in [0.05, 0.1) is 5.75 Å². The molecule has 1 saturated carbocycles. The molecule has 1 aromatic carbocycles. The van der Waals surface area contributed by atoms with Crippen molar-refractivity contribution in [3.05, 3.63) is 29.8 Å². The van der Waals surface area contributed by atoms with Crippen LogP contribution in [0, 0.1) is 5.92 Å². The highest BCUT2D eigenvalue weighted by Crippen LogP contribution is 2.30. The standard InChI is InChI=1S/C13H20N2O2S/c1-10(14-2)12-4-3-5-13(8-12)15-18(16,17)9-11-6-7-11/h3-5,8,10-11,14-15H,6-7,9H2,1-2H3. The van der Waals surface area contributed by atoms with Gasteiger partial charge in [-0.15, -0.1) is 0 Å². The zero-order valence-electron chi connectivity index (χ0n) is 10.8. The molecule has 0 aromatic heterocycles. The number of nitrogens with one attached hydrogen (secondary N) is 2. The quantitative estimate of drug-likeness (QED) is 0.831. The molecule has 2 rings (SSSR count). The lowest BCUT2D eigenvalue weighted by Crippen LogP contribution is -2.18. The van der Waals surface area contributed by atoms with Gasteiger partial charge in [-0.1, -0.05) is 12.1 Å². The molecule has 0 saturated heterocycles. The van der Waals surface area contributed by atoms with Crippen molar-refractivity contribution in [1.82, 2.24) is 5.32 Å². The Hall–Kier alpha value is -1.07. The highest BCUT2D eigenvalue weighted by Gasteiger charge is 2.27. The molecule has 100 valence electrons. The van der Waals surface area contributed by atoms with Crippen molar-refractivity contribution in [1.29, 1.82) is 0 Å². The maximum absolute atomic E-state index is 11.9. The molecule has 1 aliphatic carbocycles. The van der Waals surface area contributed by atoms with Crippen LogP contribution in [0.2, 0.25) is 0 Å². The summed E-state index contributed by atoms with van der Waals surface area (Å²) < 4.78 is 26.4. The third-order valence-electron chi connectivity index (χ3n) is 3.25. The van der Waals surface area contributed by atoms with E-state index in [-0.39, 0.29) is 11.8 Å². The molecule has 1 atom stereocenters. The smallest absolute Gasteiger partial charge is 0.232 e. The van der Waals surface area contributed by atoms with Gasteiger partial charge in [0.25, 0.3) is 0 Å². The molecule has 0 spiro atoms. The molecule has 1 fully saturated rings. The first-order valence-electron chi connectivity index (χ1n) is 6.28. The fourth-order valence-electron chi connectivity index (χ4n) is 1.85. The van der Waals surface area contributed by atoms with E-state index in [1.807, 2.05) is 32.2 Å². The molecule has 5 heteroatoms. The second-order valence-corrected chi connectivity index (χ2v) is 6.73. The first-order chi connectivity index (χ1) is 8.50. The van der Waals surface area contributed by atoms with E-state index < -0.39 is 10.0 Å². The molecular formula is C13H20N2O2S. The average Bonchev–Trinajstić information content (AvgIpc) is 3.10. The van der Waals surface area contributed by atoms with Crippen LogP contribution in [-0.4, -0.2) is 21.2 Å². The second-order valence-electron chi connectivity index (χ2n) is 4.96. The van der Waals surface area contributed by atoms with Crippen molar-refractivity contribution < 1.29 is 8.42 Å². The predicted molar refractivity (Wildman–Crippen MR) is 74.1 cm³/mol. The molecule has 2 N–H and O–H groups in total. The maximum atomic E-state index is 11.9.